The standard InChI is InChI=1S/C16H27N3/c1-14-13-17-11-9-16(14)18-10-6-12-19(2)15-7-4-3-5-8-15/h9,11,13,15H,3-8,10,12H2,1-2H3,(H,17,18). The lowest BCUT2D eigenvalue weighted by Gasteiger charge is -2.31. The minimum atomic E-state index is 0.830. The van der Waals surface area contributed by atoms with E-state index in [1.807, 2.05) is 12.4 Å². The quantitative estimate of drug-likeness (QED) is 0.795. The molecule has 1 aliphatic carbocycles. The number of hydrogen-bond donors (Lipinski definition) is 1. The van der Waals surface area contributed by atoms with E-state index in [0.717, 1.165) is 12.6 Å². The summed E-state index contributed by atoms with van der Waals surface area (Å²) >= 11 is 0. The molecule has 3 nitrogen and oxygen atoms in total. The molecule has 1 N–H and O–H groups in total. The van der Waals surface area contributed by atoms with E-state index >= 15 is 0 Å². The second kappa shape index (κ2) is 7.49. The number of rotatable bonds is 6. The van der Waals surface area contributed by atoms with E-state index in [1.54, 1.807) is 0 Å². The Morgan fingerprint density at radius 3 is 2.84 bits per heavy atom. The Balaban J connectivity index is 1.65. The molecule has 0 amide bonds. The average Bonchev–Trinajstić information content (AvgIpc) is 2.46. The van der Waals surface area contributed by atoms with Crippen LogP contribution in [0.4, 0.5) is 5.69 Å². The first-order valence-electron chi connectivity index (χ1n) is 7.62. The predicted octanol–water partition coefficient (Wildman–Crippen LogP) is 3.46. The zero-order valence-electron chi connectivity index (χ0n) is 12.4. The van der Waals surface area contributed by atoms with Crippen molar-refractivity contribution in [3.63, 3.8) is 0 Å². The number of nitrogens with one attached hydrogen (secondary N) is 1. The summed E-state index contributed by atoms with van der Waals surface area (Å²) in [6, 6.07) is 2.89. The third-order valence-corrected chi connectivity index (χ3v) is 4.22. The van der Waals surface area contributed by atoms with Crippen molar-refractivity contribution in [2.75, 3.05) is 25.5 Å². The van der Waals surface area contributed by atoms with Gasteiger partial charge in [0.1, 0.15) is 0 Å². The molecule has 1 aromatic heterocycles. The number of aryl methyl sites for hydroxylation is 1. The van der Waals surface area contributed by atoms with Gasteiger partial charge in [-0.1, -0.05) is 19.3 Å². The summed E-state index contributed by atoms with van der Waals surface area (Å²) in [5.41, 5.74) is 2.44. The van der Waals surface area contributed by atoms with Gasteiger partial charge in [0.25, 0.3) is 0 Å². The van der Waals surface area contributed by atoms with Gasteiger partial charge in [-0.3, -0.25) is 4.98 Å². The maximum Gasteiger partial charge on any atom is 0.0400 e. The smallest absolute Gasteiger partial charge is 0.0400 e. The average molecular weight is 261 g/mol. The predicted molar refractivity (Wildman–Crippen MR) is 81.6 cm³/mol. The van der Waals surface area contributed by atoms with Crippen LogP contribution in [0.5, 0.6) is 0 Å². The fourth-order valence-corrected chi connectivity index (χ4v) is 2.93. The second-order valence-electron chi connectivity index (χ2n) is 5.74. The van der Waals surface area contributed by atoms with Gasteiger partial charge in [-0.25, -0.2) is 0 Å². The highest BCUT2D eigenvalue weighted by Crippen LogP contribution is 2.21. The van der Waals surface area contributed by atoms with Crippen molar-refractivity contribution >= 4 is 5.69 Å². The molecule has 0 aliphatic heterocycles. The fraction of sp³-hybridized carbons (Fsp3) is 0.688. The molecule has 1 heterocycles. The molecule has 3 heteroatoms. The monoisotopic (exact) mass is 261 g/mol. The lowest BCUT2D eigenvalue weighted by molar-refractivity contribution is 0.191. The van der Waals surface area contributed by atoms with Gasteiger partial charge >= 0.3 is 0 Å². The Morgan fingerprint density at radius 1 is 1.32 bits per heavy atom. The van der Waals surface area contributed by atoms with Gasteiger partial charge < -0.3 is 10.2 Å². The molecule has 2 rings (SSSR count). The Bertz CT molecular complexity index is 372. The zero-order valence-corrected chi connectivity index (χ0v) is 12.4. The Morgan fingerprint density at radius 2 is 2.11 bits per heavy atom. The summed E-state index contributed by atoms with van der Waals surface area (Å²) in [5, 5.41) is 3.50. The first-order valence-corrected chi connectivity index (χ1v) is 7.62. The second-order valence-corrected chi connectivity index (χ2v) is 5.74. The van der Waals surface area contributed by atoms with Crippen molar-refractivity contribution < 1.29 is 0 Å². The molecule has 106 valence electrons. The Labute approximate surface area is 117 Å². The topological polar surface area (TPSA) is 28.2 Å². The molecule has 0 saturated heterocycles. The van der Waals surface area contributed by atoms with Crippen molar-refractivity contribution in [3.05, 3.63) is 24.0 Å². The van der Waals surface area contributed by atoms with Crippen molar-refractivity contribution in [1.29, 1.82) is 0 Å². The van der Waals surface area contributed by atoms with E-state index in [1.165, 1.54) is 56.3 Å². The molecule has 0 bridgehead atoms. The highest BCUT2D eigenvalue weighted by atomic mass is 15.1. The van der Waals surface area contributed by atoms with Crippen LogP contribution in [0.25, 0.3) is 0 Å². The lowest BCUT2D eigenvalue weighted by Crippen LogP contribution is -2.34. The van der Waals surface area contributed by atoms with Crippen LogP contribution in [0.15, 0.2) is 18.5 Å². The van der Waals surface area contributed by atoms with Crippen LogP contribution in [-0.4, -0.2) is 36.1 Å². The van der Waals surface area contributed by atoms with Crippen LogP contribution in [-0.2, 0) is 0 Å². The minimum Gasteiger partial charge on any atom is -0.385 e. The van der Waals surface area contributed by atoms with E-state index in [2.05, 4.69) is 35.2 Å². The van der Waals surface area contributed by atoms with Crippen LogP contribution in [0.1, 0.15) is 44.1 Å². The molecule has 0 aromatic carbocycles. The van der Waals surface area contributed by atoms with E-state index in [0.29, 0.717) is 0 Å². The van der Waals surface area contributed by atoms with E-state index in [-0.39, 0.29) is 0 Å². The maximum atomic E-state index is 4.11. The Hall–Kier alpha value is -1.09. The summed E-state index contributed by atoms with van der Waals surface area (Å²) in [4.78, 5) is 6.67. The molecule has 0 spiro atoms. The van der Waals surface area contributed by atoms with Crippen molar-refractivity contribution in [2.24, 2.45) is 0 Å². The number of hydrogen-bond acceptors (Lipinski definition) is 3. The molecule has 19 heavy (non-hydrogen) atoms. The van der Waals surface area contributed by atoms with E-state index in [4.69, 9.17) is 0 Å². The van der Waals surface area contributed by atoms with Crippen molar-refractivity contribution in [1.82, 2.24) is 9.88 Å². The molecular formula is C16H27N3. The summed E-state index contributed by atoms with van der Waals surface area (Å²) in [6.45, 7) is 4.34. The first kappa shape index (κ1) is 14.3. The molecule has 1 aromatic rings. The number of anilines is 1. The fourth-order valence-electron chi connectivity index (χ4n) is 2.93. The number of pyridine rings is 1. The third kappa shape index (κ3) is 4.50. The summed E-state index contributed by atoms with van der Waals surface area (Å²) in [6.07, 6.45) is 12.0. The van der Waals surface area contributed by atoms with Crippen LogP contribution in [0, 0.1) is 6.92 Å². The van der Waals surface area contributed by atoms with Gasteiger partial charge in [-0.2, -0.15) is 0 Å². The van der Waals surface area contributed by atoms with Gasteiger partial charge in [0, 0.05) is 30.7 Å². The normalized spacial score (nSPS) is 16.8. The molecule has 0 radical (unpaired) electrons. The van der Waals surface area contributed by atoms with Gasteiger partial charge in [0.15, 0.2) is 0 Å². The maximum absolute atomic E-state index is 4.11. The van der Waals surface area contributed by atoms with Crippen LogP contribution in [0.2, 0.25) is 0 Å². The zero-order chi connectivity index (χ0) is 13.5. The summed E-state index contributed by atoms with van der Waals surface area (Å²) in [7, 11) is 2.29. The lowest BCUT2D eigenvalue weighted by atomic mass is 9.94. The first-order chi connectivity index (χ1) is 9.27. The van der Waals surface area contributed by atoms with Gasteiger partial charge in [0.2, 0.25) is 0 Å². The van der Waals surface area contributed by atoms with Crippen LogP contribution in [0.3, 0.4) is 0 Å². The largest absolute Gasteiger partial charge is 0.385 e. The summed E-state index contributed by atoms with van der Waals surface area (Å²) in [5.74, 6) is 0. The van der Waals surface area contributed by atoms with E-state index < -0.39 is 0 Å². The van der Waals surface area contributed by atoms with Gasteiger partial charge in [-0.05, 0) is 51.4 Å². The molecule has 1 saturated carbocycles. The molecule has 1 fully saturated rings. The molecule has 0 unspecified atom stereocenters. The van der Waals surface area contributed by atoms with Crippen LogP contribution < -0.4 is 5.32 Å². The van der Waals surface area contributed by atoms with Crippen LogP contribution >= 0.6 is 0 Å². The van der Waals surface area contributed by atoms with Gasteiger partial charge in [-0.15, -0.1) is 0 Å². The Kier molecular flexibility index (Phi) is 5.64. The molecule has 1 aliphatic rings. The van der Waals surface area contributed by atoms with Crippen molar-refractivity contribution in [2.45, 2.75) is 51.5 Å². The minimum absolute atomic E-state index is 0.830. The van der Waals surface area contributed by atoms with E-state index in [9.17, 15) is 0 Å². The van der Waals surface area contributed by atoms with Crippen molar-refractivity contribution in [3.8, 4) is 0 Å². The SMILES string of the molecule is Cc1cnccc1NCCCN(C)C1CCCCC1. The summed E-state index contributed by atoms with van der Waals surface area (Å²) < 4.78 is 0. The highest BCUT2D eigenvalue weighted by molar-refractivity contribution is 5.48. The highest BCUT2D eigenvalue weighted by Gasteiger charge is 2.17. The van der Waals surface area contributed by atoms with Gasteiger partial charge in [0.05, 0.1) is 0 Å². The molecule has 0 atom stereocenters. The number of nitrogens with zero attached hydrogens (tertiary/aromatic N) is 2. The number of aromatic nitrogens is 1. The molecular weight excluding hydrogens is 234 g/mol. The third-order valence-electron chi connectivity index (χ3n) is 4.22.